The Morgan fingerprint density at radius 1 is 1.12 bits per heavy atom. The van der Waals surface area contributed by atoms with Crippen molar-refractivity contribution in [1.29, 1.82) is 0 Å². The fourth-order valence-corrected chi connectivity index (χ4v) is 4.29. The zero-order valence-corrected chi connectivity index (χ0v) is 19.7. The van der Waals surface area contributed by atoms with Crippen LogP contribution in [0, 0.1) is 0 Å². The molecular weight excluding hydrogens is 418 g/mol. The number of unbranched alkanes of at least 4 members (excludes halogenated alkanes) is 1. The summed E-state index contributed by atoms with van der Waals surface area (Å²) in [6, 6.07) is 8.84. The van der Waals surface area contributed by atoms with E-state index >= 15 is 0 Å². The molecule has 1 aromatic carbocycles. The molecule has 2 aliphatic heterocycles. The fraction of sp³-hybridized carbons (Fsp3) is 0.542. The van der Waals surface area contributed by atoms with Gasteiger partial charge < -0.3 is 25.6 Å². The lowest BCUT2D eigenvalue weighted by Crippen LogP contribution is -2.39. The van der Waals surface area contributed by atoms with Gasteiger partial charge in [0.2, 0.25) is 5.91 Å². The molecule has 33 heavy (non-hydrogen) atoms. The molecule has 1 aromatic heterocycles. The molecule has 1 amide bonds. The first-order valence-electron chi connectivity index (χ1n) is 11.9. The minimum absolute atomic E-state index is 0.123. The number of nitrogens with one attached hydrogen (secondary N) is 1. The number of amides is 1. The van der Waals surface area contributed by atoms with E-state index < -0.39 is 0 Å². The van der Waals surface area contributed by atoms with E-state index in [0.29, 0.717) is 24.7 Å². The van der Waals surface area contributed by atoms with Gasteiger partial charge in [-0.15, -0.1) is 0 Å². The second kappa shape index (κ2) is 10.8. The molecule has 9 heteroatoms. The molecule has 0 bridgehead atoms. The SMILES string of the molecule is CCCCOc1nc(N)c2c(n1)N(Cc1cccc(CN3CCCN(C)CC3)c1)CC(=O)N2. The van der Waals surface area contributed by atoms with Crippen molar-refractivity contribution >= 4 is 23.2 Å². The van der Waals surface area contributed by atoms with Crippen molar-refractivity contribution < 1.29 is 9.53 Å². The number of nitrogen functional groups attached to an aromatic ring is 1. The summed E-state index contributed by atoms with van der Waals surface area (Å²) in [4.78, 5) is 28.0. The van der Waals surface area contributed by atoms with Gasteiger partial charge in [0.15, 0.2) is 11.6 Å². The maximum atomic E-state index is 12.4. The molecule has 3 N–H and O–H groups in total. The van der Waals surface area contributed by atoms with Crippen LogP contribution in [-0.4, -0.2) is 72.1 Å². The van der Waals surface area contributed by atoms with Gasteiger partial charge in [0.25, 0.3) is 0 Å². The van der Waals surface area contributed by atoms with Crippen molar-refractivity contribution in [1.82, 2.24) is 19.8 Å². The van der Waals surface area contributed by atoms with Gasteiger partial charge in [0.05, 0.1) is 13.2 Å². The van der Waals surface area contributed by atoms with E-state index in [4.69, 9.17) is 10.5 Å². The Morgan fingerprint density at radius 2 is 1.94 bits per heavy atom. The van der Waals surface area contributed by atoms with E-state index in [0.717, 1.165) is 51.1 Å². The van der Waals surface area contributed by atoms with Crippen LogP contribution in [0.3, 0.4) is 0 Å². The van der Waals surface area contributed by atoms with E-state index in [-0.39, 0.29) is 24.3 Å². The van der Waals surface area contributed by atoms with Crippen molar-refractivity contribution in [2.45, 2.75) is 39.3 Å². The molecule has 0 saturated carbocycles. The zero-order valence-electron chi connectivity index (χ0n) is 19.7. The number of benzene rings is 1. The summed E-state index contributed by atoms with van der Waals surface area (Å²) < 4.78 is 5.69. The van der Waals surface area contributed by atoms with Gasteiger partial charge in [-0.25, -0.2) is 0 Å². The third kappa shape index (κ3) is 6.11. The summed E-state index contributed by atoms with van der Waals surface area (Å²) in [5.41, 5.74) is 9.00. The Balaban J connectivity index is 1.50. The molecule has 0 aliphatic carbocycles. The van der Waals surface area contributed by atoms with E-state index in [1.165, 1.54) is 12.0 Å². The fourth-order valence-electron chi connectivity index (χ4n) is 4.29. The minimum Gasteiger partial charge on any atom is -0.463 e. The van der Waals surface area contributed by atoms with Crippen molar-refractivity contribution in [3.05, 3.63) is 35.4 Å². The van der Waals surface area contributed by atoms with Crippen LogP contribution in [0.5, 0.6) is 6.01 Å². The monoisotopic (exact) mass is 453 g/mol. The second-order valence-electron chi connectivity index (χ2n) is 8.95. The summed E-state index contributed by atoms with van der Waals surface area (Å²) in [6.45, 7) is 8.79. The van der Waals surface area contributed by atoms with Crippen LogP contribution in [0.25, 0.3) is 0 Å². The molecule has 9 nitrogen and oxygen atoms in total. The molecule has 1 fully saturated rings. The number of hydrogen-bond donors (Lipinski definition) is 2. The largest absolute Gasteiger partial charge is 0.463 e. The molecule has 3 heterocycles. The van der Waals surface area contributed by atoms with Gasteiger partial charge in [-0.05, 0) is 44.1 Å². The predicted octanol–water partition coefficient (Wildman–Crippen LogP) is 2.33. The van der Waals surface area contributed by atoms with Gasteiger partial charge in [0, 0.05) is 26.2 Å². The molecule has 0 spiro atoms. The van der Waals surface area contributed by atoms with E-state index in [2.05, 4.69) is 63.3 Å². The Labute approximate surface area is 195 Å². The highest BCUT2D eigenvalue weighted by molar-refractivity contribution is 6.03. The van der Waals surface area contributed by atoms with Crippen LogP contribution in [-0.2, 0) is 17.9 Å². The summed E-state index contributed by atoms with van der Waals surface area (Å²) in [6.07, 6.45) is 3.13. The first-order valence-corrected chi connectivity index (χ1v) is 11.9. The standard InChI is InChI=1S/C24H35N7O2/c1-3-4-13-33-24-27-22(25)21-23(28-24)31(17-20(32)26-21)16-19-8-5-7-18(14-19)15-30-10-6-9-29(2)11-12-30/h5,7-8,14H,3-4,6,9-13,15-17H2,1-2H3,(H,26,32)(H2,25,27,28). The van der Waals surface area contributed by atoms with Gasteiger partial charge in [-0.2, -0.15) is 9.97 Å². The van der Waals surface area contributed by atoms with Crippen molar-refractivity contribution in [2.24, 2.45) is 0 Å². The summed E-state index contributed by atoms with van der Waals surface area (Å²) in [5.74, 6) is 0.710. The van der Waals surface area contributed by atoms with Crippen LogP contribution in [0.2, 0.25) is 0 Å². The molecule has 0 radical (unpaired) electrons. The number of carbonyl (C=O) groups excluding carboxylic acids is 1. The second-order valence-corrected chi connectivity index (χ2v) is 8.95. The summed E-state index contributed by atoms with van der Waals surface area (Å²) >= 11 is 0. The maximum absolute atomic E-state index is 12.4. The number of rotatable bonds is 8. The summed E-state index contributed by atoms with van der Waals surface area (Å²) in [5, 5.41) is 2.82. The van der Waals surface area contributed by atoms with Gasteiger partial charge >= 0.3 is 6.01 Å². The lowest BCUT2D eigenvalue weighted by molar-refractivity contribution is -0.115. The van der Waals surface area contributed by atoms with Crippen LogP contribution < -0.4 is 20.7 Å². The summed E-state index contributed by atoms with van der Waals surface area (Å²) in [7, 11) is 2.19. The maximum Gasteiger partial charge on any atom is 0.320 e. The van der Waals surface area contributed by atoms with Gasteiger partial charge in [0.1, 0.15) is 5.69 Å². The lowest BCUT2D eigenvalue weighted by Gasteiger charge is -2.30. The molecule has 1 saturated heterocycles. The molecule has 0 atom stereocenters. The molecule has 4 rings (SSSR count). The Hall–Kier alpha value is -2.91. The first kappa shape index (κ1) is 23.3. The number of hydrogen-bond acceptors (Lipinski definition) is 8. The highest BCUT2D eigenvalue weighted by atomic mass is 16.5. The third-order valence-electron chi connectivity index (χ3n) is 6.11. The van der Waals surface area contributed by atoms with Crippen LogP contribution in [0.1, 0.15) is 37.3 Å². The first-order chi connectivity index (χ1) is 16.0. The highest BCUT2D eigenvalue weighted by Gasteiger charge is 2.27. The number of ether oxygens (including phenoxy) is 1. The number of fused-ring (bicyclic) bond motifs is 1. The van der Waals surface area contributed by atoms with Crippen LogP contribution in [0.15, 0.2) is 24.3 Å². The minimum atomic E-state index is -0.123. The predicted molar refractivity (Wildman–Crippen MR) is 130 cm³/mol. The van der Waals surface area contributed by atoms with E-state index in [1.54, 1.807) is 0 Å². The Kier molecular flexibility index (Phi) is 7.61. The molecule has 2 aliphatic rings. The van der Waals surface area contributed by atoms with Crippen molar-refractivity contribution in [3.8, 4) is 6.01 Å². The van der Waals surface area contributed by atoms with Crippen LogP contribution in [0.4, 0.5) is 17.3 Å². The highest BCUT2D eigenvalue weighted by Crippen LogP contribution is 2.34. The number of carbonyl (C=O) groups is 1. The van der Waals surface area contributed by atoms with Gasteiger partial charge in [-0.3, -0.25) is 9.69 Å². The Bertz CT molecular complexity index is 968. The topological polar surface area (TPSA) is 99.8 Å². The van der Waals surface area contributed by atoms with Crippen LogP contribution >= 0.6 is 0 Å². The molecule has 178 valence electrons. The third-order valence-corrected chi connectivity index (χ3v) is 6.11. The molecular formula is C24H35N7O2. The quantitative estimate of drug-likeness (QED) is 0.588. The van der Waals surface area contributed by atoms with Gasteiger partial charge in [-0.1, -0.05) is 37.6 Å². The van der Waals surface area contributed by atoms with E-state index in [9.17, 15) is 4.79 Å². The number of nitrogens with zero attached hydrogens (tertiary/aromatic N) is 5. The smallest absolute Gasteiger partial charge is 0.320 e. The molecule has 2 aromatic rings. The average molecular weight is 454 g/mol. The van der Waals surface area contributed by atoms with Crippen molar-refractivity contribution in [3.63, 3.8) is 0 Å². The number of aromatic nitrogens is 2. The molecule has 0 unspecified atom stereocenters. The normalized spacial score (nSPS) is 17.4. The average Bonchev–Trinajstić information content (AvgIpc) is 2.99. The van der Waals surface area contributed by atoms with E-state index in [1.807, 2.05) is 4.90 Å². The zero-order chi connectivity index (χ0) is 23.2. The van der Waals surface area contributed by atoms with Crippen molar-refractivity contribution in [2.75, 3.05) is 62.3 Å². The number of nitrogens with two attached hydrogens (primary N) is 1. The number of likely N-dealkylation sites (N-methyl/N-ethyl adjacent to an activating group) is 1. The lowest BCUT2D eigenvalue weighted by atomic mass is 10.1. The number of anilines is 3. The Morgan fingerprint density at radius 3 is 2.76 bits per heavy atom.